The lowest BCUT2D eigenvalue weighted by atomic mass is 10.2. The minimum Gasteiger partial charge on any atom is -0.493 e. The van der Waals surface area contributed by atoms with Crippen LogP contribution < -0.4 is 10.1 Å². The fourth-order valence-corrected chi connectivity index (χ4v) is 2.81. The Labute approximate surface area is 109 Å². The Hall–Kier alpha value is -1.07. The van der Waals surface area contributed by atoms with E-state index in [1.54, 1.807) is 0 Å². The number of sulfone groups is 1. The van der Waals surface area contributed by atoms with Gasteiger partial charge in [0.15, 0.2) is 9.84 Å². The summed E-state index contributed by atoms with van der Waals surface area (Å²) in [6.07, 6.45) is 0.653. The van der Waals surface area contributed by atoms with E-state index in [9.17, 15) is 8.42 Å². The molecule has 102 valence electrons. The number of ether oxygens (including phenoxy) is 1. The van der Waals surface area contributed by atoms with Crippen LogP contribution in [0.15, 0.2) is 24.3 Å². The molecule has 1 aromatic carbocycles. The van der Waals surface area contributed by atoms with Gasteiger partial charge in [-0.2, -0.15) is 0 Å². The van der Waals surface area contributed by atoms with Crippen LogP contribution in [0.25, 0.3) is 0 Å². The summed E-state index contributed by atoms with van der Waals surface area (Å²) in [4.78, 5) is 0. The fraction of sp³-hybridized carbons (Fsp3) is 0.538. The highest BCUT2D eigenvalue weighted by atomic mass is 32.2. The van der Waals surface area contributed by atoms with Gasteiger partial charge in [-0.3, -0.25) is 0 Å². The quantitative estimate of drug-likeness (QED) is 0.780. The molecule has 0 saturated heterocycles. The highest BCUT2D eigenvalue weighted by molar-refractivity contribution is 7.91. The van der Waals surface area contributed by atoms with Crippen LogP contribution >= 0.6 is 0 Å². The van der Waals surface area contributed by atoms with Crippen LogP contribution in [-0.4, -0.2) is 33.6 Å². The third kappa shape index (κ3) is 5.51. The molecule has 0 heterocycles. The fourth-order valence-electron chi connectivity index (χ4n) is 1.65. The van der Waals surface area contributed by atoms with Gasteiger partial charge < -0.3 is 10.1 Å². The van der Waals surface area contributed by atoms with E-state index in [-0.39, 0.29) is 18.1 Å². The van der Waals surface area contributed by atoms with Crippen LogP contribution in [0.2, 0.25) is 0 Å². The van der Waals surface area contributed by atoms with E-state index in [0.29, 0.717) is 6.42 Å². The second kappa shape index (κ2) is 7.38. The highest BCUT2D eigenvalue weighted by Gasteiger charge is 2.09. The van der Waals surface area contributed by atoms with E-state index >= 15 is 0 Å². The smallest absolute Gasteiger partial charge is 0.153 e. The average Bonchev–Trinajstić information content (AvgIpc) is 2.29. The first kappa shape index (κ1) is 15.0. The standard InChI is InChI=1S/C13H21NO3S/c1-3-8-18(15,16)9-7-17-13-6-4-5-12(10-13)11-14-2/h4-6,10,14H,3,7-9,11H2,1-2H3. The molecule has 1 rings (SSSR count). The molecule has 18 heavy (non-hydrogen) atoms. The molecule has 0 aliphatic carbocycles. The monoisotopic (exact) mass is 271 g/mol. The molecule has 1 N–H and O–H groups in total. The predicted molar refractivity (Wildman–Crippen MR) is 73.6 cm³/mol. The Morgan fingerprint density at radius 1 is 1.28 bits per heavy atom. The Morgan fingerprint density at radius 2 is 2.06 bits per heavy atom. The van der Waals surface area contributed by atoms with Crippen LogP contribution in [0.3, 0.4) is 0 Å². The molecule has 0 radical (unpaired) electrons. The third-order valence-corrected chi connectivity index (χ3v) is 4.28. The molecule has 0 aromatic heterocycles. The maximum Gasteiger partial charge on any atom is 0.153 e. The molecule has 0 unspecified atom stereocenters. The zero-order chi connectivity index (χ0) is 13.4. The van der Waals surface area contributed by atoms with Crippen molar-refractivity contribution in [2.45, 2.75) is 19.9 Å². The van der Waals surface area contributed by atoms with Gasteiger partial charge in [0.05, 0.1) is 11.5 Å². The van der Waals surface area contributed by atoms with Crippen molar-refractivity contribution in [3.8, 4) is 5.75 Å². The van der Waals surface area contributed by atoms with Crippen molar-refractivity contribution < 1.29 is 13.2 Å². The van der Waals surface area contributed by atoms with Gasteiger partial charge >= 0.3 is 0 Å². The first-order valence-electron chi connectivity index (χ1n) is 6.14. The van der Waals surface area contributed by atoms with Crippen molar-refractivity contribution in [3.63, 3.8) is 0 Å². The summed E-state index contributed by atoms with van der Waals surface area (Å²) in [6, 6.07) is 7.66. The summed E-state index contributed by atoms with van der Waals surface area (Å²) < 4.78 is 28.5. The number of hydrogen-bond donors (Lipinski definition) is 1. The first-order valence-corrected chi connectivity index (χ1v) is 7.96. The molecular formula is C13H21NO3S. The molecule has 4 nitrogen and oxygen atoms in total. The summed E-state index contributed by atoms with van der Waals surface area (Å²) in [7, 11) is -1.08. The lowest BCUT2D eigenvalue weighted by Gasteiger charge is -2.08. The predicted octanol–water partition coefficient (Wildman–Crippen LogP) is 1.61. The van der Waals surface area contributed by atoms with Crippen molar-refractivity contribution in [3.05, 3.63) is 29.8 Å². The summed E-state index contributed by atoms with van der Waals surface area (Å²) in [5.41, 5.74) is 1.12. The Balaban J connectivity index is 2.46. The van der Waals surface area contributed by atoms with Gasteiger partial charge in [0.2, 0.25) is 0 Å². The molecule has 0 spiro atoms. The molecule has 0 fully saturated rings. The van der Waals surface area contributed by atoms with Crippen LogP contribution in [0.4, 0.5) is 0 Å². The van der Waals surface area contributed by atoms with E-state index in [0.717, 1.165) is 17.9 Å². The van der Waals surface area contributed by atoms with Crippen molar-refractivity contribution in [1.82, 2.24) is 5.32 Å². The van der Waals surface area contributed by atoms with Crippen LogP contribution in [0.5, 0.6) is 5.75 Å². The maximum atomic E-state index is 11.5. The number of hydrogen-bond acceptors (Lipinski definition) is 4. The summed E-state index contributed by atoms with van der Waals surface area (Å²) in [5.74, 6) is 1.03. The normalized spacial score (nSPS) is 11.4. The lowest BCUT2D eigenvalue weighted by molar-refractivity contribution is 0.340. The number of rotatable bonds is 8. The van der Waals surface area contributed by atoms with Crippen LogP contribution in [0, 0.1) is 0 Å². The van der Waals surface area contributed by atoms with E-state index in [2.05, 4.69) is 5.32 Å². The van der Waals surface area contributed by atoms with E-state index in [4.69, 9.17) is 4.74 Å². The maximum absolute atomic E-state index is 11.5. The van der Waals surface area contributed by atoms with Gasteiger partial charge in [0.25, 0.3) is 0 Å². The van der Waals surface area contributed by atoms with Crippen LogP contribution in [-0.2, 0) is 16.4 Å². The Bertz CT molecular complexity index is 457. The van der Waals surface area contributed by atoms with Crippen molar-refractivity contribution in [2.75, 3.05) is 25.2 Å². The molecule has 0 aliphatic rings. The van der Waals surface area contributed by atoms with Crippen molar-refractivity contribution in [2.24, 2.45) is 0 Å². The van der Waals surface area contributed by atoms with Crippen molar-refractivity contribution >= 4 is 9.84 Å². The molecule has 1 aromatic rings. The SMILES string of the molecule is CCCS(=O)(=O)CCOc1cccc(CNC)c1. The second-order valence-electron chi connectivity index (χ2n) is 4.18. The zero-order valence-electron chi connectivity index (χ0n) is 11.0. The summed E-state index contributed by atoms with van der Waals surface area (Å²) >= 11 is 0. The first-order chi connectivity index (χ1) is 8.57. The largest absolute Gasteiger partial charge is 0.493 e. The van der Waals surface area contributed by atoms with E-state index < -0.39 is 9.84 Å². The molecular weight excluding hydrogens is 250 g/mol. The summed E-state index contributed by atoms with van der Waals surface area (Å²) in [5, 5.41) is 3.06. The van der Waals surface area contributed by atoms with Gasteiger partial charge in [-0.15, -0.1) is 0 Å². The zero-order valence-corrected chi connectivity index (χ0v) is 11.8. The second-order valence-corrected chi connectivity index (χ2v) is 6.48. The van der Waals surface area contributed by atoms with Gasteiger partial charge in [0.1, 0.15) is 12.4 Å². The number of benzene rings is 1. The highest BCUT2D eigenvalue weighted by Crippen LogP contribution is 2.13. The minimum absolute atomic E-state index is 0.0805. The van der Waals surface area contributed by atoms with Gasteiger partial charge in [-0.1, -0.05) is 19.1 Å². The van der Waals surface area contributed by atoms with Gasteiger partial charge in [-0.05, 0) is 31.2 Å². The average molecular weight is 271 g/mol. The molecule has 0 saturated carbocycles. The minimum atomic E-state index is -2.96. The van der Waals surface area contributed by atoms with Crippen molar-refractivity contribution in [1.29, 1.82) is 0 Å². The molecule has 5 heteroatoms. The third-order valence-electron chi connectivity index (χ3n) is 2.46. The molecule has 0 amide bonds. The molecule has 0 bridgehead atoms. The molecule has 0 aliphatic heterocycles. The topological polar surface area (TPSA) is 55.4 Å². The summed E-state index contributed by atoms with van der Waals surface area (Å²) in [6.45, 7) is 2.84. The number of nitrogens with one attached hydrogen (secondary N) is 1. The van der Waals surface area contributed by atoms with Crippen LogP contribution in [0.1, 0.15) is 18.9 Å². The Kier molecular flexibility index (Phi) is 6.15. The lowest BCUT2D eigenvalue weighted by Crippen LogP contribution is -2.16. The van der Waals surface area contributed by atoms with Gasteiger partial charge in [-0.25, -0.2) is 8.42 Å². The van der Waals surface area contributed by atoms with E-state index in [1.165, 1.54) is 0 Å². The van der Waals surface area contributed by atoms with E-state index in [1.807, 2.05) is 38.2 Å². The Morgan fingerprint density at radius 3 is 2.72 bits per heavy atom. The molecule has 0 atom stereocenters. The van der Waals surface area contributed by atoms with Gasteiger partial charge in [0, 0.05) is 6.54 Å².